The average molecular weight is 494 g/mol. The van der Waals surface area contributed by atoms with E-state index in [-0.39, 0.29) is 5.78 Å². The van der Waals surface area contributed by atoms with Gasteiger partial charge >= 0.3 is 0 Å². The first kappa shape index (κ1) is 27.5. The quantitative estimate of drug-likeness (QED) is 0.278. The van der Waals surface area contributed by atoms with E-state index < -0.39 is 6.10 Å². The number of nitrogens with one attached hydrogen (secondary N) is 1. The molecule has 0 bridgehead atoms. The van der Waals surface area contributed by atoms with Crippen molar-refractivity contribution in [2.45, 2.75) is 40.3 Å². The van der Waals surface area contributed by atoms with E-state index in [9.17, 15) is 9.90 Å². The largest absolute Gasteiger partial charge is 0.493 e. The Balaban J connectivity index is 1.79. The van der Waals surface area contributed by atoms with Gasteiger partial charge in [0.2, 0.25) is 0 Å². The van der Waals surface area contributed by atoms with Crippen molar-refractivity contribution < 1.29 is 24.3 Å². The first-order valence-electron chi connectivity index (χ1n) is 12.8. The highest BCUT2D eigenvalue weighted by Crippen LogP contribution is 2.28. The average Bonchev–Trinajstić information content (AvgIpc) is 3.18. The summed E-state index contributed by atoms with van der Waals surface area (Å²) in [6.45, 7) is 12.2. The van der Waals surface area contributed by atoms with Crippen LogP contribution in [0.15, 0.2) is 54.7 Å². The summed E-state index contributed by atoms with van der Waals surface area (Å²) in [4.78, 5) is 14.3. The van der Waals surface area contributed by atoms with Crippen molar-refractivity contribution in [3.8, 4) is 11.5 Å². The summed E-state index contributed by atoms with van der Waals surface area (Å²) >= 11 is 0. The van der Waals surface area contributed by atoms with E-state index in [1.54, 1.807) is 38.5 Å². The predicted molar refractivity (Wildman–Crippen MR) is 146 cm³/mol. The van der Waals surface area contributed by atoms with Gasteiger partial charge in [-0.25, -0.2) is 0 Å². The van der Waals surface area contributed by atoms with Crippen LogP contribution in [0.4, 0.5) is 0 Å². The van der Waals surface area contributed by atoms with Crippen molar-refractivity contribution in [2.75, 3.05) is 33.9 Å². The maximum atomic E-state index is 12.9. The lowest BCUT2D eigenvalue weighted by atomic mass is 10.1. The van der Waals surface area contributed by atoms with Crippen LogP contribution < -0.4 is 14.4 Å². The smallest absolute Gasteiger partial charge is 0.185 e. The Labute approximate surface area is 215 Å². The molecule has 0 spiro atoms. The minimum atomic E-state index is -0.460. The number of carbonyl (C=O) groups is 1. The molecule has 6 heteroatoms. The molecule has 6 nitrogen and oxygen atoms in total. The van der Waals surface area contributed by atoms with Crippen LogP contribution >= 0.6 is 0 Å². The second kappa shape index (κ2) is 12.7. The van der Waals surface area contributed by atoms with Gasteiger partial charge in [-0.3, -0.25) is 4.79 Å². The summed E-state index contributed by atoms with van der Waals surface area (Å²) in [6, 6.07) is 13.3. The Kier molecular flexibility index (Phi) is 9.73. The lowest BCUT2D eigenvalue weighted by molar-refractivity contribution is -0.909. The first-order chi connectivity index (χ1) is 17.2. The zero-order valence-corrected chi connectivity index (χ0v) is 22.5. The molecule has 1 heterocycles. The van der Waals surface area contributed by atoms with E-state index in [0.29, 0.717) is 42.0 Å². The third kappa shape index (κ3) is 7.21. The van der Waals surface area contributed by atoms with E-state index in [0.717, 1.165) is 29.6 Å². The maximum absolute atomic E-state index is 12.9. The third-order valence-electron chi connectivity index (χ3n) is 6.23. The maximum Gasteiger partial charge on any atom is 0.185 e. The van der Waals surface area contributed by atoms with Crippen LogP contribution in [0.3, 0.4) is 0 Å². The molecule has 0 fully saturated rings. The second-order valence-corrected chi connectivity index (χ2v) is 10.3. The fourth-order valence-electron chi connectivity index (χ4n) is 4.84. The number of hydrogen-bond acceptors (Lipinski definition) is 4. The highest BCUT2D eigenvalue weighted by Gasteiger charge is 2.19. The summed E-state index contributed by atoms with van der Waals surface area (Å²) in [5.41, 5.74) is 2.52. The Morgan fingerprint density at radius 1 is 0.972 bits per heavy atom. The van der Waals surface area contributed by atoms with E-state index in [1.807, 2.05) is 30.5 Å². The van der Waals surface area contributed by atoms with Gasteiger partial charge in [0, 0.05) is 40.1 Å². The number of rotatable bonds is 13. The lowest BCUT2D eigenvalue weighted by Gasteiger charge is -2.25. The first-order valence-corrected chi connectivity index (χ1v) is 12.8. The van der Waals surface area contributed by atoms with Gasteiger partial charge in [0.25, 0.3) is 0 Å². The Bertz CT molecular complexity index is 1170. The van der Waals surface area contributed by atoms with Gasteiger partial charge in [-0.2, -0.15) is 0 Å². The molecule has 0 aliphatic heterocycles. The van der Waals surface area contributed by atoms with Crippen LogP contribution in [0, 0.1) is 11.8 Å². The number of carbonyl (C=O) groups excluding carboxylic acids is 1. The van der Waals surface area contributed by atoms with Gasteiger partial charge in [0.05, 0.1) is 33.9 Å². The Morgan fingerprint density at radius 2 is 1.64 bits per heavy atom. The molecule has 0 aliphatic rings. The predicted octanol–water partition coefficient (Wildman–Crippen LogP) is 4.11. The van der Waals surface area contributed by atoms with Gasteiger partial charge in [-0.15, -0.1) is 0 Å². The fourth-order valence-corrected chi connectivity index (χ4v) is 4.84. The summed E-state index contributed by atoms with van der Waals surface area (Å²) in [5, 5.41) is 12.0. The van der Waals surface area contributed by atoms with Crippen molar-refractivity contribution in [1.82, 2.24) is 4.57 Å². The monoisotopic (exact) mass is 493 g/mol. The van der Waals surface area contributed by atoms with Crippen molar-refractivity contribution in [2.24, 2.45) is 11.8 Å². The molecule has 0 aliphatic carbocycles. The molecule has 1 atom stereocenters. The fraction of sp³-hybridized carbons (Fsp3) is 0.433. The number of aromatic nitrogens is 1. The molecule has 2 aromatic carbocycles. The highest BCUT2D eigenvalue weighted by molar-refractivity contribution is 6.08. The molecular formula is C30H41N2O4+. The number of nitrogens with zero attached hydrogens (tertiary/aromatic N) is 1. The minimum Gasteiger partial charge on any atom is -0.493 e. The molecule has 36 heavy (non-hydrogen) atoms. The summed E-state index contributed by atoms with van der Waals surface area (Å²) < 4.78 is 12.7. The molecule has 3 rings (SSSR count). The number of aliphatic hydroxyl groups is 1. The Morgan fingerprint density at radius 3 is 2.28 bits per heavy atom. The van der Waals surface area contributed by atoms with E-state index in [2.05, 4.69) is 38.3 Å². The molecule has 0 amide bonds. The number of ketones is 1. The molecule has 0 saturated heterocycles. The van der Waals surface area contributed by atoms with Crippen LogP contribution in [0.2, 0.25) is 0 Å². The zero-order chi connectivity index (χ0) is 26.2. The summed E-state index contributed by atoms with van der Waals surface area (Å²) in [7, 11) is 3.12. The highest BCUT2D eigenvalue weighted by atomic mass is 16.5. The SMILES string of the molecule is COc1ccc(C(=O)/C=C/c2cn(C[C@@H](O)C[NH+](CC(C)C)CC(C)C)c3ccccc23)cc1OC. The second-order valence-electron chi connectivity index (χ2n) is 10.3. The molecular weight excluding hydrogens is 452 g/mol. The normalized spacial score (nSPS) is 12.8. The van der Waals surface area contributed by atoms with Crippen LogP contribution in [-0.2, 0) is 6.54 Å². The Hall–Kier alpha value is -3.09. The number of hydrogen-bond donors (Lipinski definition) is 2. The molecule has 2 N–H and O–H groups in total. The van der Waals surface area contributed by atoms with E-state index in [1.165, 1.54) is 4.90 Å². The molecule has 1 aromatic heterocycles. The van der Waals surface area contributed by atoms with Gasteiger partial charge in [0.1, 0.15) is 12.6 Å². The number of ether oxygens (including phenoxy) is 2. The topological polar surface area (TPSA) is 65.1 Å². The number of methoxy groups -OCH3 is 2. The van der Waals surface area contributed by atoms with Crippen LogP contribution in [-0.4, -0.2) is 55.4 Å². The van der Waals surface area contributed by atoms with Crippen LogP contribution in [0.25, 0.3) is 17.0 Å². The minimum absolute atomic E-state index is 0.116. The zero-order valence-electron chi connectivity index (χ0n) is 22.5. The summed E-state index contributed by atoms with van der Waals surface area (Å²) in [6.07, 6.45) is 5.00. The van der Waals surface area contributed by atoms with Crippen molar-refractivity contribution >= 4 is 22.8 Å². The molecule has 0 unspecified atom stereocenters. The molecule has 3 aromatic rings. The van der Waals surface area contributed by atoms with Gasteiger partial charge in [-0.05, 0) is 36.4 Å². The van der Waals surface area contributed by atoms with Crippen molar-refractivity contribution in [1.29, 1.82) is 0 Å². The van der Waals surface area contributed by atoms with Gasteiger partial charge in [-0.1, -0.05) is 45.9 Å². The van der Waals surface area contributed by atoms with Gasteiger partial charge in [0.15, 0.2) is 17.3 Å². The third-order valence-corrected chi connectivity index (χ3v) is 6.23. The molecule has 0 radical (unpaired) electrons. The van der Waals surface area contributed by atoms with Gasteiger partial charge < -0.3 is 24.0 Å². The van der Waals surface area contributed by atoms with E-state index >= 15 is 0 Å². The number of quaternary nitrogens is 1. The number of allylic oxidation sites excluding steroid dienone is 1. The van der Waals surface area contributed by atoms with Crippen LogP contribution in [0.1, 0.15) is 43.6 Å². The lowest BCUT2D eigenvalue weighted by Crippen LogP contribution is -3.14. The number of benzene rings is 2. The van der Waals surface area contributed by atoms with E-state index in [4.69, 9.17) is 9.47 Å². The molecule has 0 saturated carbocycles. The number of fused-ring (bicyclic) bond motifs is 1. The summed E-state index contributed by atoms with van der Waals surface area (Å²) in [5.74, 6) is 2.15. The van der Waals surface area contributed by atoms with Crippen molar-refractivity contribution in [3.63, 3.8) is 0 Å². The number of aliphatic hydroxyl groups excluding tert-OH is 1. The standard InChI is InChI=1S/C30H40N2O4/c1-21(2)16-31(17-22(3)4)19-25(33)20-32-18-24(26-9-7-8-10-27(26)32)11-13-28(34)23-12-14-29(35-5)30(15-23)36-6/h7-15,18,21-22,25,33H,16-17,19-20H2,1-6H3/p+1/b13-11+/t25-/m0/s1. The molecule has 194 valence electrons. The van der Waals surface area contributed by atoms with Crippen molar-refractivity contribution in [3.05, 3.63) is 65.9 Å². The number of para-hydroxylation sites is 1. The van der Waals surface area contributed by atoms with Crippen LogP contribution in [0.5, 0.6) is 11.5 Å².